The summed E-state index contributed by atoms with van der Waals surface area (Å²) in [5, 5.41) is 4.10. The highest BCUT2D eigenvalue weighted by atomic mass is 32.2. The Morgan fingerprint density at radius 3 is 2.71 bits per heavy atom. The Labute approximate surface area is 90.3 Å². The fourth-order valence-corrected chi connectivity index (χ4v) is 2.88. The summed E-state index contributed by atoms with van der Waals surface area (Å²) in [7, 11) is 0. The van der Waals surface area contributed by atoms with Gasteiger partial charge in [-0.05, 0) is 17.5 Å². The van der Waals surface area contributed by atoms with Gasteiger partial charge in [0.15, 0.2) is 0 Å². The number of rotatable bonds is 2. The minimum Gasteiger partial charge on any atom is -0.314 e. The summed E-state index contributed by atoms with van der Waals surface area (Å²) in [6.45, 7) is 4.48. The lowest BCUT2D eigenvalue weighted by atomic mass is 10.1. The highest BCUT2D eigenvalue weighted by Crippen LogP contribution is 2.29. The van der Waals surface area contributed by atoms with Crippen LogP contribution in [-0.2, 0) is 6.42 Å². The van der Waals surface area contributed by atoms with E-state index >= 15 is 0 Å². The van der Waals surface area contributed by atoms with E-state index in [4.69, 9.17) is 0 Å². The number of aryl methyl sites for hydroxylation is 1. The predicted molar refractivity (Wildman–Crippen MR) is 63.9 cm³/mol. The summed E-state index contributed by atoms with van der Waals surface area (Å²) in [4.78, 5) is 0. The lowest BCUT2D eigenvalue weighted by Crippen LogP contribution is -2.28. The highest BCUT2D eigenvalue weighted by Gasteiger charge is 2.14. The summed E-state index contributed by atoms with van der Waals surface area (Å²) < 4.78 is 0. The molecule has 1 nitrogen and oxygen atoms in total. The highest BCUT2D eigenvalue weighted by molar-refractivity contribution is 7.99. The molecule has 2 heteroatoms. The van der Waals surface area contributed by atoms with E-state index in [-0.39, 0.29) is 0 Å². The minimum atomic E-state index is 0.662. The van der Waals surface area contributed by atoms with Crippen LogP contribution in [0, 0.1) is 0 Å². The Morgan fingerprint density at radius 2 is 2.14 bits per heavy atom. The third-order valence-electron chi connectivity index (χ3n) is 2.69. The minimum absolute atomic E-state index is 0.662. The second kappa shape index (κ2) is 4.85. The van der Waals surface area contributed by atoms with Gasteiger partial charge < -0.3 is 5.32 Å². The topological polar surface area (TPSA) is 12.0 Å². The second-order valence-electron chi connectivity index (χ2n) is 3.66. The first-order valence-corrected chi connectivity index (χ1v) is 6.36. The molecular formula is C12H17NS. The van der Waals surface area contributed by atoms with Crippen molar-refractivity contribution < 1.29 is 0 Å². The maximum absolute atomic E-state index is 3.44. The van der Waals surface area contributed by atoms with Gasteiger partial charge in [-0.2, -0.15) is 11.8 Å². The van der Waals surface area contributed by atoms with Gasteiger partial charge in [0.25, 0.3) is 0 Å². The molecule has 0 aromatic heterocycles. The summed E-state index contributed by atoms with van der Waals surface area (Å²) >= 11 is 2.07. The van der Waals surface area contributed by atoms with Crippen LogP contribution in [0.4, 0.5) is 0 Å². The predicted octanol–water partition coefficient (Wildman–Crippen LogP) is 2.63. The molecule has 0 amide bonds. The third-order valence-corrected chi connectivity index (χ3v) is 3.97. The van der Waals surface area contributed by atoms with Gasteiger partial charge in [0.2, 0.25) is 0 Å². The SMILES string of the molecule is CCc1ccc(C2CNCCS2)cc1. The third kappa shape index (κ3) is 2.31. The van der Waals surface area contributed by atoms with Gasteiger partial charge in [0.05, 0.1) is 0 Å². The Morgan fingerprint density at radius 1 is 1.36 bits per heavy atom. The van der Waals surface area contributed by atoms with E-state index in [1.165, 1.54) is 16.9 Å². The second-order valence-corrected chi connectivity index (χ2v) is 4.97. The van der Waals surface area contributed by atoms with Crippen LogP contribution >= 0.6 is 11.8 Å². The zero-order valence-corrected chi connectivity index (χ0v) is 9.44. The van der Waals surface area contributed by atoms with Crippen LogP contribution in [0.3, 0.4) is 0 Å². The van der Waals surface area contributed by atoms with E-state index in [9.17, 15) is 0 Å². The first-order valence-electron chi connectivity index (χ1n) is 5.31. The number of hydrogen-bond acceptors (Lipinski definition) is 2. The molecule has 0 saturated carbocycles. The number of thioether (sulfide) groups is 1. The molecule has 1 aliphatic rings. The van der Waals surface area contributed by atoms with Crippen molar-refractivity contribution in [2.45, 2.75) is 18.6 Å². The van der Waals surface area contributed by atoms with Gasteiger partial charge in [0.1, 0.15) is 0 Å². The number of hydrogen-bond donors (Lipinski definition) is 1. The molecule has 0 spiro atoms. The fraction of sp³-hybridized carbons (Fsp3) is 0.500. The molecule has 0 radical (unpaired) electrons. The van der Waals surface area contributed by atoms with Crippen molar-refractivity contribution in [3.63, 3.8) is 0 Å². The molecule has 1 aromatic carbocycles. The van der Waals surface area contributed by atoms with Crippen molar-refractivity contribution in [3.8, 4) is 0 Å². The summed E-state index contributed by atoms with van der Waals surface area (Å²) in [6, 6.07) is 9.07. The molecule has 0 aliphatic carbocycles. The van der Waals surface area contributed by atoms with E-state index < -0.39 is 0 Å². The van der Waals surface area contributed by atoms with Crippen LogP contribution in [-0.4, -0.2) is 18.8 Å². The Bertz CT molecular complexity index is 275. The molecule has 1 saturated heterocycles. The van der Waals surface area contributed by atoms with Gasteiger partial charge in [-0.3, -0.25) is 0 Å². The molecule has 0 bridgehead atoms. The molecule has 1 heterocycles. The normalized spacial score (nSPS) is 22.2. The molecule has 14 heavy (non-hydrogen) atoms. The average molecular weight is 207 g/mol. The lowest BCUT2D eigenvalue weighted by molar-refractivity contribution is 0.689. The van der Waals surface area contributed by atoms with Crippen molar-refractivity contribution >= 4 is 11.8 Å². The largest absolute Gasteiger partial charge is 0.314 e. The van der Waals surface area contributed by atoms with Crippen LogP contribution in [0.25, 0.3) is 0 Å². The maximum Gasteiger partial charge on any atom is 0.0422 e. The van der Waals surface area contributed by atoms with Crippen molar-refractivity contribution in [1.82, 2.24) is 5.32 Å². The summed E-state index contributed by atoms with van der Waals surface area (Å²) in [5.41, 5.74) is 2.90. The van der Waals surface area contributed by atoms with E-state index in [2.05, 4.69) is 48.3 Å². The van der Waals surface area contributed by atoms with Gasteiger partial charge in [-0.1, -0.05) is 31.2 Å². The van der Waals surface area contributed by atoms with E-state index in [1.54, 1.807) is 0 Å². The molecule has 1 aromatic rings. The number of benzene rings is 1. The van der Waals surface area contributed by atoms with Gasteiger partial charge in [-0.15, -0.1) is 0 Å². The first-order chi connectivity index (χ1) is 6.90. The fourth-order valence-electron chi connectivity index (χ4n) is 1.75. The standard InChI is InChI=1S/C12H17NS/c1-2-10-3-5-11(6-4-10)12-9-13-7-8-14-12/h3-6,12-13H,2,7-9H2,1H3. The quantitative estimate of drug-likeness (QED) is 0.800. The average Bonchev–Trinajstić information content (AvgIpc) is 2.30. The smallest absolute Gasteiger partial charge is 0.0422 e. The number of nitrogens with one attached hydrogen (secondary N) is 1. The molecule has 1 atom stereocenters. The lowest BCUT2D eigenvalue weighted by Gasteiger charge is -2.22. The van der Waals surface area contributed by atoms with Gasteiger partial charge >= 0.3 is 0 Å². The Kier molecular flexibility index (Phi) is 3.49. The molecule has 76 valence electrons. The monoisotopic (exact) mass is 207 g/mol. The van der Waals surface area contributed by atoms with Crippen LogP contribution in [0.5, 0.6) is 0 Å². The van der Waals surface area contributed by atoms with Crippen LogP contribution in [0.15, 0.2) is 24.3 Å². The van der Waals surface area contributed by atoms with Crippen molar-refractivity contribution in [1.29, 1.82) is 0 Å². The molecular weight excluding hydrogens is 190 g/mol. The zero-order chi connectivity index (χ0) is 9.80. The van der Waals surface area contributed by atoms with Crippen molar-refractivity contribution in [3.05, 3.63) is 35.4 Å². The van der Waals surface area contributed by atoms with Crippen LogP contribution in [0.1, 0.15) is 23.3 Å². The van der Waals surface area contributed by atoms with Gasteiger partial charge in [-0.25, -0.2) is 0 Å². The van der Waals surface area contributed by atoms with E-state index in [0.717, 1.165) is 19.5 Å². The van der Waals surface area contributed by atoms with Crippen molar-refractivity contribution in [2.24, 2.45) is 0 Å². The molecule has 2 rings (SSSR count). The van der Waals surface area contributed by atoms with E-state index in [0.29, 0.717) is 5.25 Å². The van der Waals surface area contributed by atoms with Crippen LogP contribution in [0.2, 0.25) is 0 Å². The molecule has 1 unspecified atom stereocenters. The van der Waals surface area contributed by atoms with Crippen LogP contribution < -0.4 is 5.32 Å². The summed E-state index contributed by atoms with van der Waals surface area (Å²) in [5.74, 6) is 1.24. The Hall–Kier alpha value is -0.470. The van der Waals surface area contributed by atoms with Crippen molar-refractivity contribution in [2.75, 3.05) is 18.8 Å². The molecule has 1 fully saturated rings. The Balaban J connectivity index is 2.07. The van der Waals surface area contributed by atoms with Gasteiger partial charge in [0, 0.05) is 24.1 Å². The molecule has 1 aliphatic heterocycles. The van der Waals surface area contributed by atoms with E-state index in [1.807, 2.05) is 0 Å². The zero-order valence-electron chi connectivity index (χ0n) is 8.62. The first kappa shape index (κ1) is 10.1. The summed E-state index contributed by atoms with van der Waals surface area (Å²) in [6.07, 6.45) is 1.14. The molecule has 1 N–H and O–H groups in total. The maximum atomic E-state index is 3.44.